The SMILES string of the molecule is CNC(=O)CN(C)CC(C)(C)C(=O)O. The first kappa shape index (κ1) is 12.9. The number of carbonyl (C=O) groups is 2. The Morgan fingerprint density at radius 2 is 1.93 bits per heavy atom. The van der Waals surface area contributed by atoms with Crippen LogP contribution in [0.2, 0.25) is 0 Å². The zero-order valence-electron chi connectivity index (χ0n) is 9.13. The molecular formula is C9H18N2O3. The minimum atomic E-state index is -0.860. The number of amides is 1. The maximum atomic E-state index is 11.0. The second-order valence-corrected chi connectivity index (χ2v) is 4.03. The van der Waals surface area contributed by atoms with Crippen molar-refractivity contribution in [1.29, 1.82) is 0 Å². The maximum absolute atomic E-state index is 11.0. The van der Waals surface area contributed by atoms with E-state index in [0.29, 0.717) is 6.54 Å². The highest BCUT2D eigenvalue weighted by atomic mass is 16.4. The summed E-state index contributed by atoms with van der Waals surface area (Å²) in [6, 6.07) is 0. The molecule has 82 valence electrons. The van der Waals surface area contributed by atoms with E-state index in [4.69, 9.17) is 5.11 Å². The number of carboxylic acids is 1. The van der Waals surface area contributed by atoms with Crippen LogP contribution in [0, 0.1) is 5.41 Å². The first-order valence-electron chi connectivity index (χ1n) is 4.42. The molecule has 14 heavy (non-hydrogen) atoms. The molecule has 0 atom stereocenters. The summed E-state index contributed by atoms with van der Waals surface area (Å²) in [5, 5.41) is 11.3. The number of rotatable bonds is 5. The maximum Gasteiger partial charge on any atom is 0.310 e. The van der Waals surface area contributed by atoms with Crippen LogP contribution in [-0.2, 0) is 9.59 Å². The van der Waals surface area contributed by atoms with Crippen molar-refractivity contribution in [2.45, 2.75) is 13.8 Å². The fourth-order valence-electron chi connectivity index (χ4n) is 1.12. The van der Waals surface area contributed by atoms with Gasteiger partial charge < -0.3 is 10.4 Å². The van der Waals surface area contributed by atoms with Crippen molar-refractivity contribution in [2.24, 2.45) is 5.41 Å². The van der Waals surface area contributed by atoms with Crippen LogP contribution in [0.4, 0.5) is 0 Å². The summed E-state index contributed by atoms with van der Waals surface area (Å²) in [6.07, 6.45) is 0. The summed E-state index contributed by atoms with van der Waals surface area (Å²) in [4.78, 5) is 23.4. The van der Waals surface area contributed by atoms with Crippen LogP contribution in [0.15, 0.2) is 0 Å². The van der Waals surface area contributed by atoms with E-state index in [-0.39, 0.29) is 12.5 Å². The molecule has 0 spiro atoms. The number of carbonyl (C=O) groups excluding carboxylic acids is 1. The Hall–Kier alpha value is -1.10. The number of hydrogen-bond acceptors (Lipinski definition) is 3. The number of nitrogens with one attached hydrogen (secondary N) is 1. The predicted octanol–water partition coefficient (Wildman–Crippen LogP) is -0.225. The number of aliphatic carboxylic acids is 1. The van der Waals surface area contributed by atoms with Crippen molar-refractivity contribution in [1.82, 2.24) is 10.2 Å². The highest BCUT2D eigenvalue weighted by Crippen LogP contribution is 2.15. The quantitative estimate of drug-likeness (QED) is 0.646. The van der Waals surface area contributed by atoms with Crippen LogP contribution >= 0.6 is 0 Å². The van der Waals surface area contributed by atoms with Gasteiger partial charge in [0, 0.05) is 13.6 Å². The molecule has 0 aromatic heterocycles. The van der Waals surface area contributed by atoms with Gasteiger partial charge in [0.15, 0.2) is 0 Å². The van der Waals surface area contributed by atoms with Crippen molar-refractivity contribution in [2.75, 3.05) is 27.2 Å². The minimum Gasteiger partial charge on any atom is -0.481 e. The van der Waals surface area contributed by atoms with E-state index in [1.807, 2.05) is 0 Å². The van der Waals surface area contributed by atoms with Crippen LogP contribution in [0.25, 0.3) is 0 Å². The normalized spacial score (nSPS) is 11.5. The van der Waals surface area contributed by atoms with Crippen molar-refractivity contribution in [3.8, 4) is 0 Å². The lowest BCUT2D eigenvalue weighted by molar-refractivity contribution is -0.148. The number of hydrogen-bond donors (Lipinski definition) is 2. The third-order valence-corrected chi connectivity index (χ3v) is 1.94. The zero-order valence-corrected chi connectivity index (χ0v) is 9.13. The van der Waals surface area contributed by atoms with Gasteiger partial charge in [0.2, 0.25) is 5.91 Å². The third-order valence-electron chi connectivity index (χ3n) is 1.94. The molecule has 0 rings (SSSR count). The van der Waals surface area contributed by atoms with E-state index in [2.05, 4.69) is 5.32 Å². The van der Waals surface area contributed by atoms with Gasteiger partial charge in [-0.1, -0.05) is 0 Å². The van der Waals surface area contributed by atoms with Crippen LogP contribution < -0.4 is 5.32 Å². The first-order valence-corrected chi connectivity index (χ1v) is 4.42. The fourth-order valence-corrected chi connectivity index (χ4v) is 1.12. The molecule has 0 aromatic rings. The molecule has 0 radical (unpaired) electrons. The summed E-state index contributed by atoms with van der Waals surface area (Å²) in [7, 11) is 3.28. The van der Waals surface area contributed by atoms with Crippen LogP contribution in [-0.4, -0.2) is 49.1 Å². The second kappa shape index (κ2) is 4.95. The third kappa shape index (κ3) is 4.23. The Morgan fingerprint density at radius 1 is 1.43 bits per heavy atom. The molecule has 2 N–H and O–H groups in total. The molecule has 0 bridgehead atoms. The molecule has 5 nitrogen and oxygen atoms in total. The number of nitrogens with zero attached hydrogens (tertiary/aromatic N) is 1. The van der Waals surface area contributed by atoms with E-state index < -0.39 is 11.4 Å². The Kier molecular flexibility index (Phi) is 4.56. The van der Waals surface area contributed by atoms with Gasteiger partial charge in [-0.25, -0.2) is 0 Å². The Balaban J connectivity index is 4.12. The molecule has 0 unspecified atom stereocenters. The van der Waals surface area contributed by atoms with Gasteiger partial charge in [-0.2, -0.15) is 0 Å². The highest BCUT2D eigenvalue weighted by Gasteiger charge is 2.28. The molecule has 0 fully saturated rings. The van der Waals surface area contributed by atoms with E-state index in [0.717, 1.165) is 0 Å². The molecule has 0 aromatic carbocycles. The lowest BCUT2D eigenvalue weighted by Crippen LogP contribution is -2.41. The summed E-state index contributed by atoms with van der Waals surface area (Å²) in [5.41, 5.74) is -0.831. The Bertz CT molecular complexity index is 226. The second-order valence-electron chi connectivity index (χ2n) is 4.03. The van der Waals surface area contributed by atoms with Gasteiger partial charge in [-0.3, -0.25) is 14.5 Å². The smallest absolute Gasteiger partial charge is 0.310 e. The largest absolute Gasteiger partial charge is 0.481 e. The molecule has 0 aliphatic heterocycles. The lowest BCUT2D eigenvalue weighted by Gasteiger charge is -2.25. The van der Waals surface area contributed by atoms with Crippen LogP contribution in [0.3, 0.4) is 0 Å². The van der Waals surface area contributed by atoms with Gasteiger partial charge in [0.1, 0.15) is 0 Å². The van der Waals surface area contributed by atoms with Gasteiger partial charge in [0.05, 0.1) is 12.0 Å². The molecule has 0 saturated heterocycles. The molecule has 0 aliphatic carbocycles. The summed E-state index contributed by atoms with van der Waals surface area (Å²) in [5.74, 6) is -0.977. The van der Waals surface area contributed by atoms with Crippen molar-refractivity contribution in [3.63, 3.8) is 0 Å². The molecule has 1 amide bonds. The van der Waals surface area contributed by atoms with Gasteiger partial charge in [-0.15, -0.1) is 0 Å². The molecule has 5 heteroatoms. The summed E-state index contributed by atoms with van der Waals surface area (Å²) in [6.45, 7) is 3.83. The van der Waals surface area contributed by atoms with Crippen molar-refractivity contribution >= 4 is 11.9 Å². The van der Waals surface area contributed by atoms with E-state index >= 15 is 0 Å². The molecular weight excluding hydrogens is 184 g/mol. The van der Waals surface area contributed by atoms with Gasteiger partial charge >= 0.3 is 5.97 Å². The van der Waals surface area contributed by atoms with E-state index in [1.165, 1.54) is 0 Å². The standard InChI is InChI=1S/C9H18N2O3/c1-9(2,8(13)14)6-11(4)5-7(12)10-3/h5-6H2,1-4H3,(H,10,12)(H,13,14). The molecule has 0 saturated carbocycles. The Morgan fingerprint density at radius 3 is 2.29 bits per heavy atom. The number of likely N-dealkylation sites (N-methyl/N-ethyl adjacent to an activating group) is 2. The monoisotopic (exact) mass is 202 g/mol. The van der Waals surface area contributed by atoms with Crippen molar-refractivity contribution < 1.29 is 14.7 Å². The van der Waals surface area contributed by atoms with E-state index in [9.17, 15) is 9.59 Å². The van der Waals surface area contributed by atoms with Crippen LogP contribution in [0.5, 0.6) is 0 Å². The predicted molar refractivity (Wildman–Crippen MR) is 53.0 cm³/mol. The van der Waals surface area contributed by atoms with Gasteiger partial charge in [0.25, 0.3) is 0 Å². The molecule has 0 heterocycles. The highest BCUT2D eigenvalue weighted by molar-refractivity contribution is 5.78. The van der Waals surface area contributed by atoms with Crippen LogP contribution in [0.1, 0.15) is 13.8 Å². The van der Waals surface area contributed by atoms with Crippen molar-refractivity contribution in [3.05, 3.63) is 0 Å². The average molecular weight is 202 g/mol. The minimum absolute atomic E-state index is 0.117. The topological polar surface area (TPSA) is 69.6 Å². The summed E-state index contributed by atoms with van der Waals surface area (Å²) >= 11 is 0. The molecule has 0 aliphatic rings. The Labute approximate surface area is 84.1 Å². The summed E-state index contributed by atoms with van der Waals surface area (Å²) < 4.78 is 0. The van der Waals surface area contributed by atoms with E-state index in [1.54, 1.807) is 32.8 Å². The first-order chi connectivity index (χ1) is 6.29. The fraction of sp³-hybridized carbons (Fsp3) is 0.778. The lowest BCUT2D eigenvalue weighted by atomic mass is 9.93. The average Bonchev–Trinajstić information content (AvgIpc) is 2.02. The zero-order chi connectivity index (χ0) is 11.4. The van der Waals surface area contributed by atoms with Gasteiger partial charge in [-0.05, 0) is 20.9 Å². The number of carboxylic acid groups (broad SMARTS) is 1.